The molecule has 0 heterocycles. The summed E-state index contributed by atoms with van der Waals surface area (Å²) in [5.74, 6) is 0. The Bertz CT molecular complexity index is 428. The Morgan fingerprint density at radius 1 is 0.688 bits per heavy atom. The number of benzene rings is 2. The molecule has 0 nitrogen and oxygen atoms in total. The first-order chi connectivity index (χ1) is 7.49. The fourth-order valence-corrected chi connectivity index (χ4v) is 3.67. The summed E-state index contributed by atoms with van der Waals surface area (Å²) < 4.78 is 29.4. The molecule has 0 saturated heterocycles. The van der Waals surface area contributed by atoms with Gasteiger partial charge in [0.05, 0.1) is 0 Å². The minimum atomic E-state index is -4.93. The van der Waals surface area contributed by atoms with Crippen LogP contribution < -0.4 is 10.6 Å². The number of hydrogen-bond acceptors (Lipinski definition) is 0. The first-order valence-electron chi connectivity index (χ1n) is 5.05. The van der Waals surface area contributed by atoms with E-state index in [2.05, 4.69) is 0 Å². The van der Waals surface area contributed by atoms with Gasteiger partial charge in [-0.25, -0.2) is 0 Å². The Morgan fingerprint density at radius 2 is 1.00 bits per heavy atom. The Labute approximate surface area is 94.1 Å². The number of hydrogen-bond donors (Lipinski definition) is 0. The van der Waals surface area contributed by atoms with Crippen LogP contribution in [0.15, 0.2) is 60.7 Å². The van der Waals surface area contributed by atoms with Crippen molar-refractivity contribution < 1.29 is 8.39 Å². The molecule has 0 N–H and O–H groups in total. The van der Waals surface area contributed by atoms with Crippen LogP contribution in [-0.2, 0) is 0 Å². The van der Waals surface area contributed by atoms with Gasteiger partial charge in [-0.05, 0) is 0 Å². The van der Waals surface area contributed by atoms with Crippen molar-refractivity contribution >= 4 is 17.8 Å². The van der Waals surface area contributed by atoms with Crippen molar-refractivity contribution in [1.29, 1.82) is 0 Å². The summed E-state index contributed by atoms with van der Waals surface area (Å²) >= 11 is 0. The molecule has 0 unspecified atom stereocenters. The van der Waals surface area contributed by atoms with Crippen LogP contribution in [0.1, 0.15) is 0 Å². The van der Waals surface area contributed by atoms with E-state index in [0.29, 0.717) is 0 Å². The van der Waals surface area contributed by atoms with Crippen LogP contribution >= 0.6 is 7.22 Å². The van der Waals surface area contributed by atoms with E-state index < -0.39 is 7.22 Å². The van der Waals surface area contributed by atoms with Gasteiger partial charge in [-0.15, -0.1) is 0 Å². The molecule has 2 rings (SSSR count). The molecule has 3 heteroatoms. The van der Waals surface area contributed by atoms with E-state index in [0.717, 1.165) is 6.66 Å². The molecule has 0 atom stereocenters. The molecule has 0 aromatic heterocycles. The van der Waals surface area contributed by atoms with E-state index in [4.69, 9.17) is 0 Å². The zero-order valence-electron chi connectivity index (χ0n) is 8.98. The second-order valence-electron chi connectivity index (χ2n) is 3.97. The molecule has 0 saturated carbocycles. The summed E-state index contributed by atoms with van der Waals surface area (Å²) in [6.45, 7) is 1.08. The topological polar surface area (TPSA) is 0 Å². The van der Waals surface area contributed by atoms with Crippen molar-refractivity contribution in [3.8, 4) is 0 Å². The number of rotatable bonds is 2. The van der Waals surface area contributed by atoms with E-state index >= 15 is 0 Å². The van der Waals surface area contributed by atoms with Gasteiger partial charge in [-0.3, -0.25) is 0 Å². The van der Waals surface area contributed by atoms with Crippen molar-refractivity contribution in [2.24, 2.45) is 0 Å². The Hall–Kier alpha value is -1.27. The molecular formula is C13H13F2P. The van der Waals surface area contributed by atoms with Gasteiger partial charge in [0.15, 0.2) is 0 Å². The average molecular weight is 238 g/mol. The summed E-state index contributed by atoms with van der Waals surface area (Å²) in [6.07, 6.45) is 0. The van der Waals surface area contributed by atoms with E-state index in [1.54, 1.807) is 36.4 Å². The minimum absolute atomic E-state index is 0.139. The van der Waals surface area contributed by atoms with Crippen LogP contribution in [-0.4, -0.2) is 6.66 Å². The fourth-order valence-electron chi connectivity index (χ4n) is 1.68. The fraction of sp³-hybridized carbons (Fsp3) is 0.0769. The van der Waals surface area contributed by atoms with Gasteiger partial charge in [0, 0.05) is 0 Å². The van der Waals surface area contributed by atoms with Crippen molar-refractivity contribution in [2.45, 2.75) is 0 Å². The molecule has 0 aliphatic rings. The second-order valence-corrected chi connectivity index (χ2v) is 7.60. The second kappa shape index (κ2) is 3.64. The quantitative estimate of drug-likeness (QED) is 0.701. The van der Waals surface area contributed by atoms with Gasteiger partial charge in [-0.1, -0.05) is 0 Å². The van der Waals surface area contributed by atoms with Crippen molar-refractivity contribution in [1.82, 2.24) is 0 Å². The first-order valence-corrected chi connectivity index (χ1v) is 7.52. The third kappa shape index (κ3) is 1.85. The Balaban J connectivity index is 2.60. The van der Waals surface area contributed by atoms with Crippen LogP contribution in [0.3, 0.4) is 0 Å². The van der Waals surface area contributed by atoms with Gasteiger partial charge in [0.2, 0.25) is 0 Å². The van der Waals surface area contributed by atoms with E-state index in [-0.39, 0.29) is 10.6 Å². The summed E-state index contributed by atoms with van der Waals surface area (Å²) in [7, 11) is -4.93. The third-order valence-corrected chi connectivity index (χ3v) is 5.60. The third-order valence-electron chi connectivity index (χ3n) is 2.68. The van der Waals surface area contributed by atoms with Crippen LogP contribution in [0.2, 0.25) is 0 Å². The summed E-state index contributed by atoms with van der Waals surface area (Å²) in [5.41, 5.74) is 0. The summed E-state index contributed by atoms with van der Waals surface area (Å²) in [4.78, 5) is 0. The van der Waals surface area contributed by atoms with Gasteiger partial charge < -0.3 is 0 Å². The summed E-state index contributed by atoms with van der Waals surface area (Å²) in [6, 6.07) is 16.1. The molecule has 2 aromatic carbocycles. The van der Waals surface area contributed by atoms with Crippen molar-refractivity contribution in [3.05, 3.63) is 60.7 Å². The van der Waals surface area contributed by atoms with E-state index in [9.17, 15) is 8.39 Å². The molecule has 0 fully saturated rings. The van der Waals surface area contributed by atoms with Crippen molar-refractivity contribution in [3.63, 3.8) is 0 Å². The Morgan fingerprint density at radius 3 is 1.31 bits per heavy atom. The van der Waals surface area contributed by atoms with Crippen LogP contribution in [0.25, 0.3) is 0 Å². The molecule has 0 aliphatic carbocycles. The van der Waals surface area contributed by atoms with Gasteiger partial charge >= 0.3 is 93.6 Å². The monoisotopic (exact) mass is 238 g/mol. The zero-order valence-corrected chi connectivity index (χ0v) is 9.87. The first kappa shape index (κ1) is 11.2. The van der Waals surface area contributed by atoms with Gasteiger partial charge in [-0.2, -0.15) is 0 Å². The molecule has 2 aromatic rings. The molecule has 0 spiro atoms. The molecule has 0 amide bonds. The summed E-state index contributed by atoms with van der Waals surface area (Å²) in [5, 5.41) is 0.277. The van der Waals surface area contributed by atoms with Gasteiger partial charge in [0.25, 0.3) is 0 Å². The maximum absolute atomic E-state index is 14.7. The predicted molar refractivity (Wildman–Crippen MR) is 67.2 cm³/mol. The zero-order chi connectivity index (χ0) is 11.7. The average Bonchev–Trinajstić information content (AvgIpc) is 2.31. The van der Waals surface area contributed by atoms with Crippen LogP contribution in [0.5, 0.6) is 0 Å². The molecule has 84 valence electrons. The molecule has 0 aliphatic heterocycles. The number of halogens is 2. The van der Waals surface area contributed by atoms with Crippen LogP contribution in [0, 0.1) is 0 Å². The molecular weight excluding hydrogens is 225 g/mol. The molecule has 0 radical (unpaired) electrons. The normalized spacial score (nSPS) is 14.1. The van der Waals surface area contributed by atoms with Crippen molar-refractivity contribution in [2.75, 3.05) is 6.66 Å². The SMILES string of the molecule is CP(F)(F)(c1ccccc1)c1ccccc1. The molecule has 0 bridgehead atoms. The van der Waals surface area contributed by atoms with Crippen LogP contribution in [0.4, 0.5) is 8.39 Å². The standard InChI is InChI=1S/C13H13F2P/c1-16(14,15,12-8-4-2-5-9-12)13-10-6-3-7-11-13/h2-11H,1H3. The van der Waals surface area contributed by atoms with E-state index in [1.807, 2.05) is 0 Å². The predicted octanol–water partition coefficient (Wildman–Crippen LogP) is 3.59. The van der Waals surface area contributed by atoms with E-state index in [1.165, 1.54) is 24.3 Å². The maximum atomic E-state index is 14.7. The molecule has 16 heavy (non-hydrogen) atoms. The van der Waals surface area contributed by atoms with Gasteiger partial charge in [0.1, 0.15) is 0 Å². The Kier molecular flexibility index (Phi) is 2.55.